The smallest absolute Gasteiger partial charge is 0.348 e. The molecule has 0 unspecified atom stereocenters. The number of thiophene rings is 1. The predicted octanol–water partition coefficient (Wildman–Crippen LogP) is 3.97. The van der Waals surface area contributed by atoms with Gasteiger partial charge >= 0.3 is 12.0 Å². The summed E-state index contributed by atoms with van der Waals surface area (Å²) in [6.07, 6.45) is 1.21. The average Bonchev–Trinajstić information content (AvgIpc) is 2.89. The maximum Gasteiger partial charge on any atom is 0.348 e. The minimum Gasteiger partial charge on any atom is -0.477 e. The molecule has 1 aromatic carbocycles. The van der Waals surface area contributed by atoms with Crippen molar-refractivity contribution in [3.63, 3.8) is 0 Å². The number of nitrogens with one attached hydrogen (secondary N) is 1. The van der Waals surface area contributed by atoms with E-state index >= 15 is 0 Å². The first kappa shape index (κ1) is 15.0. The van der Waals surface area contributed by atoms with Crippen molar-refractivity contribution in [2.75, 3.05) is 10.2 Å². The van der Waals surface area contributed by atoms with Crippen LogP contribution in [0.3, 0.4) is 0 Å². The third kappa shape index (κ3) is 2.07. The lowest BCUT2D eigenvalue weighted by molar-refractivity contribution is 0.0703. The van der Waals surface area contributed by atoms with E-state index in [9.17, 15) is 19.1 Å². The van der Waals surface area contributed by atoms with Gasteiger partial charge in [-0.1, -0.05) is 15.9 Å². The summed E-state index contributed by atoms with van der Waals surface area (Å²) >= 11 is 4.08. The number of carbonyl (C=O) groups is 2. The van der Waals surface area contributed by atoms with E-state index in [1.165, 1.54) is 18.5 Å². The summed E-state index contributed by atoms with van der Waals surface area (Å²) < 4.78 is 14.8. The second kappa shape index (κ2) is 5.21. The van der Waals surface area contributed by atoms with Gasteiger partial charge in [-0.05, 0) is 18.2 Å². The van der Waals surface area contributed by atoms with Crippen molar-refractivity contribution in [2.45, 2.75) is 0 Å². The number of rotatable bonds is 2. The number of aromatic carboxylic acids is 1. The molecule has 7 nitrogen and oxygen atoms in total. The summed E-state index contributed by atoms with van der Waals surface area (Å²) in [6.45, 7) is 0. The molecular weight excluding hydrogens is 403 g/mol. The van der Waals surface area contributed by atoms with Gasteiger partial charge in [0.15, 0.2) is 5.82 Å². The van der Waals surface area contributed by atoms with Crippen LogP contribution in [0.2, 0.25) is 0 Å². The zero-order valence-corrected chi connectivity index (χ0v) is 14.0. The highest BCUT2D eigenvalue weighted by atomic mass is 79.9. The fraction of sp³-hybridized carbons (Fsp3) is 0. The molecule has 10 heteroatoms. The van der Waals surface area contributed by atoms with Crippen molar-refractivity contribution in [2.24, 2.45) is 0 Å². The molecule has 0 aliphatic carbocycles. The first-order chi connectivity index (χ1) is 11.5. The Morgan fingerprint density at radius 2 is 2.17 bits per heavy atom. The molecule has 2 aromatic heterocycles. The Kier molecular flexibility index (Phi) is 3.25. The Morgan fingerprint density at radius 3 is 2.88 bits per heavy atom. The van der Waals surface area contributed by atoms with Crippen LogP contribution in [0, 0.1) is 5.82 Å². The molecule has 0 saturated carbocycles. The third-order valence-electron chi connectivity index (χ3n) is 3.46. The van der Waals surface area contributed by atoms with Crippen molar-refractivity contribution in [3.05, 3.63) is 39.7 Å². The van der Waals surface area contributed by atoms with Gasteiger partial charge in [0.25, 0.3) is 0 Å². The van der Waals surface area contributed by atoms with Crippen LogP contribution in [0.4, 0.5) is 26.4 Å². The monoisotopic (exact) mass is 408 g/mol. The number of carboxylic acids is 1. The number of aromatic nitrogens is 2. The van der Waals surface area contributed by atoms with E-state index in [4.69, 9.17) is 0 Å². The summed E-state index contributed by atoms with van der Waals surface area (Å²) in [5, 5.41) is 12.2. The van der Waals surface area contributed by atoms with Crippen molar-refractivity contribution < 1.29 is 19.1 Å². The summed E-state index contributed by atoms with van der Waals surface area (Å²) in [5.41, 5.74) is 0.140. The Morgan fingerprint density at radius 1 is 1.38 bits per heavy atom. The van der Waals surface area contributed by atoms with Gasteiger partial charge in [0, 0.05) is 4.47 Å². The molecule has 120 valence electrons. The first-order valence-electron chi connectivity index (χ1n) is 6.54. The second-order valence-electron chi connectivity index (χ2n) is 4.85. The second-order valence-corrected chi connectivity index (χ2v) is 6.76. The van der Waals surface area contributed by atoms with Gasteiger partial charge in [0.05, 0.1) is 16.8 Å². The van der Waals surface area contributed by atoms with Crippen LogP contribution in [0.15, 0.2) is 29.0 Å². The maximum absolute atomic E-state index is 14.3. The highest BCUT2D eigenvalue weighted by Gasteiger charge is 2.34. The van der Waals surface area contributed by atoms with E-state index in [-0.39, 0.29) is 22.1 Å². The zero-order chi connectivity index (χ0) is 17.0. The summed E-state index contributed by atoms with van der Waals surface area (Å²) in [4.78, 5) is 33.4. The quantitative estimate of drug-likeness (QED) is 0.668. The van der Waals surface area contributed by atoms with Gasteiger partial charge < -0.3 is 10.4 Å². The number of halogens is 2. The summed E-state index contributed by atoms with van der Waals surface area (Å²) in [6, 6.07) is 3.56. The number of benzene rings is 1. The number of hydrogen-bond acceptors (Lipinski definition) is 5. The van der Waals surface area contributed by atoms with Crippen LogP contribution in [0.5, 0.6) is 0 Å². The molecule has 3 heterocycles. The van der Waals surface area contributed by atoms with Gasteiger partial charge in [0.1, 0.15) is 21.9 Å². The molecule has 24 heavy (non-hydrogen) atoms. The van der Waals surface area contributed by atoms with Crippen LogP contribution in [0.1, 0.15) is 9.67 Å². The normalized spacial score (nSPS) is 13.2. The van der Waals surface area contributed by atoms with Crippen LogP contribution < -0.4 is 10.2 Å². The topological polar surface area (TPSA) is 95.4 Å². The van der Waals surface area contributed by atoms with Gasteiger partial charge in [-0.15, -0.1) is 11.3 Å². The maximum atomic E-state index is 14.3. The molecule has 0 atom stereocenters. The molecule has 0 spiro atoms. The molecule has 3 aromatic rings. The van der Waals surface area contributed by atoms with E-state index < -0.39 is 17.8 Å². The van der Waals surface area contributed by atoms with E-state index in [2.05, 4.69) is 31.2 Å². The minimum absolute atomic E-state index is 0.00410. The molecule has 1 aliphatic rings. The molecule has 0 bridgehead atoms. The highest BCUT2D eigenvalue weighted by Crippen LogP contribution is 2.44. The van der Waals surface area contributed by atoms with E-state index in [1.54, 1.807) is 6.07 Å². The summed E-state index contributed by atoms with van der Waals surface area (Å²) in [5.74, 6) is -1.66. The Bertz CT molecular complexity index is 1040. The van der Waals surface area contributed by atoms with E-state index in [0.717, 1.165) is 16.2 Å². The Hall–Kier alpha value is -2.59. The molecule has 1 aliphatic heterocycles. The molecule has 2 amide bonds. The van der Waals surface area contributed by atoms with Crippen LogP contribution in [0.25, 0.3) is 10.2 Å². The zero-order valence-electron chi connectivity index (χ0n) is 11.6. The van der Waals surface area contributed by atoms with Gasteiger partial charge in [-0.3, -0.25) is 0 Å². The fourth-order valence-electron chi connectivity index (χ4n) is 2.50. The van der Waals surface area contributed by atoms with E-state index in [1.807, 2.05) is 0 Å². The largest absolute Gasteiger partial charge is 0.477 e. The average molecular weight is 409 g/mol. The van der Waals surface area contributed by atoms with Crippen molar-refractivity contribution >= 4 is 66.7 Å². The molecular formula is C14H6BrFN4O3S. The third-order valence-corrected chi connectivity index (χ3v) is 5.04. The fourth-order valence-corrected chi connectivity index (χ4v) is 3.77. The number of anilines is 3. The number of amides is 2. The van der Waals surface area contributed by atoms with E-state index in [0.29, 0.717) is 14.7 Å². The molecule has 0 fully saturated rings. The SMILES string of the molecule is O=C(O)c1sc2ncnc3c2c1NC(=O)N3c1ccc(Br)cc1F. The molecule has 4 rings (SSSR count). The van der Waals surface area contributed by atoms with Crippen LogP contribution >= 0.6 is 27.3 Å². The standard InChI is InChI=1S/C14H6BrFN4O3S/c15-5-1-2-7(6(16)3-5)20-11-8-9(19-14(20)23)10(13(21)22)24-12(8)18-4-17-11/h1-4H,(H,19,23)(H,21,22). The number of urea groups is 1. The number of carbonyl (C=O) groups excluding carboxylic acids is 1. The van der Waals surface area contributed by atoms with Crippen LogP contribution in [-0.2, 0) is 0 Å². The molecule has 0 radical (unpaired) electrons. The lowest BCUT2D eigenvalue weighted by Crippen LogP contribution is -2.35. The lowest BCUT2D eigenvalue weighted by atomic mass is 10.2. The van der Waals surface area contributed by atoms with Crippen molar-refractivity contribution in [1.82, 2.24) is 9.97 Å². The molecule has 2 N–H and O–H groups in total. The van der Waals surface area contributed by atoms with Gasteiger partial charge in [0.2, 0.25) is 0 Å². The van der Waals surface area contributed by atoms with Crippen molar-refractivity contribution in [3.8, 4) is 0 Å². The van der Waals surface area contributed by atoms with Crippen molar-refractivity contribution in [1.29, 1.82) is 0 Å². The minimum atomic E-state index is -1.18. The lowest BCUT2D eigenvalue weighted by Gasteiger charge is -2.27. The molecule has 0 saturated heterocycles. The number of hydrogen-bond donors (Lipinski definition) is 2. The van der Waals surface area contributed by atoms with Gasteiger partial charge in [-0.25, -0.2) is 28.8 Å². The Balaban J connectivity index is 2.01. The number of nitrogens with zero attached hydrogens (tertiary/aromatic N) is 3. The number of carboxylic acid groups (broad SMARTS) is 1. The van der Waals surface area contributed by atoms with Gasteiger partial charge in [-0.2, -0.15) is 0 Å². The highest BCUT2D eigenvalue weighted by molar-refractivity contribution is 9.10. The summed E-state index contributed by atoms with van der Waals surface area (Å²) in [7, 11) is 0. The first-order valence-corrected chi connectivity index (χ1v) is 8.15. The van der Waals surface area contributed by atoms with Crippen LogP contribution in [-0.4, -0.2) is 27.1 Å². The predicted molar refractivity (Wildman–Crippen MR) is 89.6 cm³/mol. The Labute approximate surface area is 145 Å².